The van der Waals surface area contributed by atoms with Gasteiger partial charge in [-0.15, -0.1) is 0 Å². The molecular weight excluding hydrogens is 306 g/mol. The van der Waals surface area contributed by atoms with Crippen molar-refractivity contribution in [3.8, 4) is 0 Å². The Morgan fingerprint density at radius 3 is 2.88 bits per heavy atom. The quantitative estimate of drug-likeness (QED) is 0.932. The first-order chi connectivity index (χ1) is 11.4. The van der Waals surface area contributed by atoms with E-state index >= 15 is 0 Å². The van der Waals surface area contributed by atoms with Crippen molar-refractivity contribution in [1.82, 2.24) is 24.6 Å². The number of ether oxygens (including phenoxy) is 1. The van der Waals surface area contributed by atoms with E-state index in [4.69, 9.17) is 4.74 Å². The number of imidazole rings is 1. The second kappa shape index (κ2) is 6.39. The molecule has 2 aromatic heterocycles. The summed E-state index contributed by atoms with van der Waals surface area (Å²) >= 11 is 0. The molecule has 7 heteroatoms. The van der Waals surface area contributed by atoms with Gasteiger partial charge in [-0.05, 0) is 27.7 Å². The van der Waals surface area contributed by atoms with E-state index in [0.717, 1.165) is 22.8 Å². The summed E-state index contributed by atoms with van der Waals surface area (Å²) in [5.74, 6) is 0.755. The van der Waals surface area contributed by atoms with Crippen molar-refractivity contribution < 1.29 is 9.53 Å². The number of amides is 1. The Balaban J connectivity index is 1.91. The van der Waals surface area contributed by atoms with Crippen LogP contribution in [-0.4, -0.2) is 43.7 Å². The van der Waals surface area contributed by atoms with Gasteiger partial charge in [-0.2, -0.15) is 5.10 Å². The molecule has 7 nitrogen and oxygen atoms in total. The third-order valence-electron chi connectivity index (χ3n) is 4.39. The zero-order chi connectivity index (χ0) is 17.4. The third-order valence-corrected chi connectivity index (χ3v) is 4.39. The number of carbonyl (C=O) groups is 1. The minimum absolute atomic E-state index is 0.0269. The second-order valence-electron chi connectivity index (χ2n) is 6.50. The average Bonchev–Trinajstić information content (AvgIpc) is 3.09. The van der Waals surface area contributed by atoms with Crippen LogP contribution in [0.1, 0.15) is 60.1 Å². The Kier molecular flexibility index (Phi) is 4.45. The molecular formula is C17H25N5O2. The third kappa shape index (κ3) is 2.96. The minimum Gasteiger partial charge on any atom is -0.369 e. The molecule has 1 N–H and O–H groups in total. The molecule has 3 heterocycles. The molecule has 0 bridgehead atoms. The number of H-pyrrole nitrogens is 1. The molecule has 0 saturated heterocycles. The lowest BCUT2D eigenvalue weighted by Gasteiger charge is -2.25. The Morgan fingerprint density at radius 2 is 2.25 bits per heavy atom. The van der Waals surface area contributed by atoms with Crippen LogP contribution < -0.4 is 0 Å². The fraction of sp³-hybridized carbons (Fsp3) is 0.588. The lowest BCUT2D eigenvalue weighted by Crippen LogP contribution is -2.31. The minimum atomic E-state index is -0.0823. The van der Waals surface area contributed by atoms with E-state index in [9.17, 15) is 4.79 Å². The van der Waals surface area contributed by atoms with Crippen molar-refractivity contribution in [3.63, 3.8) is 0 Å². The molecule has 0 aromatic carbocycles. The number of hydrogen-bond donors (Lipinski definition) is 1. The van der Waals surface area contributed by atoms with Crippen LogP contribution in [0.2, 0.25) is 0 Å². The van der Waals surface area contributed by atoms with Gasteiger partial charge in [0.05, 0.1) is 24.4 Å². The number of nitrogens with zero attached hydrogens (tertiary/aromatic N) is 4. The first-order valence-corrected chi connectivity index (χ1v) is 8.41. The van der Waals surface area contributed by atoms with Gasteiger partial charge in [-0.1, -0.05) is 0 Å². The lowest BCUT2D eigenvalue weighted by atomic mass is 9.99. The summed E-state index contributed by atoms with van der Waals surface area (Å²) in [5.41, 5.74) is 3.58. The maximum absolute atomic E-state index is 13.1. The van der Waals surface area contributed by atoms with Crippen molar-refractivity contribution in [2.24, 2.45) is 0 Å². The standard InChI is InChI=1S/C17H25N5O2/c1-6-22-16(13-7-11(3)24-12(4)15(13)20-22)17(23)21(5)9-14-18-8-10(2)19-14/h8,11-12H,6-7,9H2,1-5H3,(H,18,19)/t11-,12+/m0/s1. The summed E-state index contributed by atoms with van der Waals surface area (Å²) in [6.07, 6.45) is 2.49. The van der Waals surface area contributed by atoms with Gasteiger partial charge in [-0.3, -0.25) is 9.48 Å². The van der Waals surface area contributed by atoms with Gasteiger partial charge in [0, 0.05) is 37.5 Å². The van der Waals surface area contributed by atoms with Gasteiger partial charge in [0.15, 0.2) is 0 Å². The number of aromatic amines is 1. The fourth-order valence-electron chi connectivity index (χ4n) is 3.29. The maximum Gasteiger partial charge on any atom is 0.272 e. The van der Waals surface area contributed by atoms with Crippen LogP contribution >= 0.6 is 0 Å². The number of hydrogen-bond acceptors (Lipinski definition) is 4. The molecule has 1 aliphatic heterocycles. The monoisotopic (exact) mass is 331 g/mol. The molecule has 2 aromatic rings. The molecule has 130 valence electrons. The highest BCUT2D eigenvalue weighted by Crippen LogP contribution is 2.32. The van der Waals surface area contributed by atoms with Gasteiger partial charge in [0.25, 0.3) is 5.91 Å². The summed E-state index contributed by atoms with van der Waals surface area (Å²) < 4.78 is 7.65. The molecule has 0 radical (unpaired) electrons. The molecule has 0 aliphatic carbocycles. The topological polar surface area (TPSA) is 76.0 Å². The average molecular weight is 331 g/mol. The highest BCUT2D eigenvalue weighted by Gasteiger charge is 2.32. The predicted octanol–water partition coefficient (Wildman–Crippen LogP) is 2.23. The normalized spacial score (nSPS) is 20.0. The molecule has 24 heavy (non-hydrogen) atoms. The van der Waals surface area contributed by atoms with Crippen LogP contribution in [0.3, 0.4) is 0 Å². The van der Waals surface area contributed by atoms with Gasteiger partial charge >= 0.3 is 0 Å². The summed E-state index contributed by atoms with van der Waals surface area (Å²) in [7, 11) is 1.80. The molecule has 0 saturated carbocycles. The summed E-state index contributed by atoms with van der Waals surface area (Å²) in [6, 6.07) is 0. The number of rotatable bonds is 4. The van der Waals surface area contributed by atoms with Crippen molar-refractivity contribution in [2.45, 2.75) is 59.4 Å². The lowest BCUT2D eigenvalue weighted by molar-refractivity contribution is -0.00716. The number of aromatic nitrogens is 4. The zero-order valence-corrected chi connectivity index (χ0v) is 15.0. The first kappa shape index (κ1) is 16.7. The fourth-order valence-corrected chi connectivity index (χ4v) is 3.29. The van der Waals surface area contributed by atoms with E-state index in [2.05, 4.69) is 15.1 Å². The van der Waals surface area contributed by atoms with Gasteiger partial charge < -0.3 is 14.6 Å². The Morgan fingerprint density at radius 1 is 1.50 bits per heavy atom. The van der Waals surface area contributed by atoms with E-state index in [1.807, 2.05) is 27.7 Å². The molecule has 2 atom stereocenters. The van der Waals surface area contributed by atoms with E-state index in [0.29, 0.717) is 25.2 Å². The molecule has 0 spiro atoms. The van der Waals surface area contributed by atoms with Crippen LogP contribution in [0, 0.1) is 6.92 Å². The Hall–Kier alpha value is -2.15. The number of fused-ring (bicyclic) bond motifs is 1. The van der Waals surface area contributed by atoms with Crippen LogP contribution in [-0.2, 0) is 24.2 Å². The largest absolute Gasteiger partial charge is 0.369 e. The van der Waals surface area contributed by atoms with E-state index < -0.39 is 0 Å². The second-order valence-corrected chi connectivity index (χ2v) is 6.50. The van der Waals surface area contributed by atoms with Crippen LogP contribution in [0.4, 0.5) is 0 Å². The van der Waals surface area contributed by atoms with Crippen molar-refractivity contribution in [1.29, 1.82) is 0 Å². The summed E-state index contributed by atoms with van der Waals surface area (Å²) in [4.78, 5) is 22.2. The van der Waals surface area contributed by atoms with Crippen LogP contribution in [0.15, 0.2) is 6.20 Å². The van der Waals surface area contributed by atoms with Gasteiger partial charge in [0.1, 0.15) is 11.5 Å². The van der Waals surface area contributed by atoms with Crippen molar-refractivity contribution in [2.75, 3.05) is 7.05 Å². The molecule has 3 rings (SSSR count). The molecule has 1 amide bonds. The summed E-state index contributed by atoms with van der Waals surface area (Å²) in [6.45, 7) is 9.07. The number of nitrogens with one attached hydrogen (secondary N) is 1. The maximum atomic E-state index is 13.1. The van der Waals surface area contributed by atoms with Crippen molar-refractivity contribution in [3.05, 3.63) is 34.7 Å². The highest BCUT2D eigenvalue weighted by molar-refractivity contribution is 5.94. The number of aryl methyl sites for hydroxylation is 2. The molecule has 0 unspecified atom stereocenters. The van der Waals surface area contributed by atoms with Crippen LogP contribution in [0.5, 0.6) is 0 Å². The Bertz CT molecular complexity index is 748. The van der Waals surface area contributed by atoms with Crippen LogP contribution in [0.25, 0.3) is 0 Å². The Labute approximate surface area is 142 Å². The smallest absolute Gasteiger partial charge is 0.272 e. The van der Waals surface area contributed by atoms with E-state index in [-0.39, 0.29) is 18.1 Å². The van der Waals surface area contributed by atoms with Gasteiger partial charge in [-0.25, -0.2) is 4.98 Å². The highest BCUT2D eigenvalue weighted by atomic mass is 16.5. The van der Waals surface area contributed by atoms with Crippen molar-refractivity contribution >= 4 is 5.91 Å². The van der Waals surface area contributed by atoms with E-state index in [1.165, 1.54) is 0 Å². The number of carbonyl (C=O) groups excluding carboxylic acids is 1. The molecule has 0 fully saturated rings. The molecule has 1 aliphatic rings. The predicted molar refractivity (Wildman–Crippen MR) is 89.7 cm³/mol. The SMILES string of the molecule is CCn1nc2c(c1C(=O)N(C)Cc1ncc(C)[nH]1)C[C@H](C)O[C@@H]2C. The zero-order valence-electron chi connectivity index (χ0n) is 15.0. The summed E-state index contributed by atoms with van der Waals surface area (Å²) in [5, 5.41) is 4.62. The van der Waals surface area contributed by atoms with Gasteiger partial charge in [0.2, 0.25) is 0 Å². The van der Waals surface area contributed by atoms with E-state index in [1.54, 1.807) is 22.8 Å². The first-order valence-electron chi connectivity index (χ1n) is 8.41.